The molecule has 0 amide bonds. The second-order valence-electron chi connectivity index (χ2n) is 6.54. The third kappa shape index (κ3) is 3.85. The third-order valence-corrected chi connectivity index (χ3v) is 5.12. The molecule has 0 spiro atoms. The molecular weight excluding hydrogens is 218 g/mol. The summed E-state index contributed by atoms with van der Waals surface area (Å²) in [7, 11) is 0. The van der Waals surface area contributed by atoms with E-state index in [2.05, 4.69) is 24.9 Å². The van der Waals surface area contributed by atoms with E-state index in [4.69, 9.17) is 0 Å². The molecule has 4 atom stereocenters. The Balaban J connectivity index is 1.74. The number of allylic oxidation sites excluding steroid dienone is 1. The summed E-state index contributed by atoms with van der Waals surface area (Å²) in [5.74, 6) is 3.22. The van der Waals surface area contributed by atoms with Crippen LogP contribution in [0.15, 0.2) is 12.7 Å². The van der Waals surface area contributed by atoms with Crippen LogP contribution in [0.3, 0.4) is 0 Å². The lowest BCUT2D eigenvalue weighted by Gasteiger charge is -2.27. The molecule has 2 aliphatic rings. The van der Waals surface area contributed by atoms with Crippen molar-refractivity contribution >= 4 is 0 Å². The van der Waals surface area contributed by atoms with Crippen molar-refractivity contribution in [2.45, 2.75) is 70.8 Å². The van der Waals surface area contributed by atoms with E-state index in [0.717, 1.165) is 23.8 Å². The number of nitrogens with one attached hydrogen (secondary N) is 1. The molecule has 104 valence electrons. The number of fused-ring (bicyclic) bond motifs is 2. The van der Waals surface area contributed by atoms with Gasteiger partial charge in [-0.1, -0.05) is 19.4 Å². The highest BCUT2D eigenvalue weighted by atomic mass is 14.9. The molecule has 1 N–H and O–H groups in total. The van der Waals surface area contributed by atoms with E-state index in [9.17, 15) is 0 Å². The predicted octanol–water partition coefficient (Wildman–Crippen LogP) is 4.54. The predicted molar refractivity (Wildman–Crippen MR) is 79.7 cm³/mol. The van der Waals surface area contributed by atoms with E-state index in [-0.39, 0.29) is 0 Å². The minimum absolute atomic E-state index is 0.772. The van der Waals surface area contributed by atoms with Gasteiger partial charge in [0.2, 0.25) is 0 Å². The van der Waals surface area contributed by atoms with Gasteiger partial charge in [0.15, 0.2) is 0 Å². The molecule has 1 nitrogen and oxygen atoms in total. The first-order valence-corrected chi connectivity index (χ1v) is 8.17. The normalized spacial score (nSPS) is 31.7. The van der Waals surface area contributed by atoms with E-state index in [1.54, 1.807) is 6.42 Å². The van der Waals surface area contributed by atoms with Gasteiger partial charge in [0, 0.05) is 6.04 Å². The standard InChI is InChI=1S/C17H31N/c1-3-5-6-7-17(18-10-4-2)13-16-12-14-8-9-15(16)11-14/h3,14-18H,1,4-13H2,2H3. The van der Waals surface area contributed by atoms with Gasteiger partial charge < -0.3 is 5.32 Å². The molecule has 18 heavy (non-hydrogen) atoms. The highest BCUT2D eigenvalue weighted by Gasteiger charge is 2.39. The molecule has 2 bridgehead atoms. The Morgan fingerprint density at radius 2 is 2.22 bits per heavy atom. The Hall–Kier alpha value is -0.300. The highest BCUT2D eigenvalue weighted by molar-refractivity contribution is 4.91. The van der Waals surface area contributed by atoms with Crippen LogP contribution < -0.4 is 5.32 Å². The Morgan fingerprint density at radius 1 is 1.33 bits per heavy atom. The fraction of sp³-hybridized carbons (Fsp3) is 0.882. The minimum Gasteiger partial charge on any atom is -0.314 e. The summed E-state index contributed by atoms with van der Waals surface area (Å²) >= 11 is 0. The van der Waals surface area contributed by atoms with Crippen molar-refractivity contribution in [3.8, 4) is 0 Å². The maximum Gasteiger partial charge on any atom is 0.00699 e. The van der Waals surface area contributed by atoms with Gasteiger partial charge in [-0.2, -0.15) is 0 Å². The van der Waals surface area contributed by atoms with E-state index in [1.165, 1.54) is 57.9 Å². The molecular formula is C17H31N. The molecule has 0 radical (unpaired) electrons. The van der Waals surface area contributed by atoms with Crippen molar-refractivity contribution in [3.63, 3.8) is 0 Å². The lowest BCUT2D eigenvalue weighted by atomic mass is 9.83. The zero-order valence-corrected chi connectivity index (χ0v) is 12.2. The molecule has 1 heteroatoms. The van der Waals surface area contributed by atoms with Crippen LogP contribution in [0.25, 0.3) is 0 Å². The van der Waals surface area contributed by atoms with Gasteiger partial charge in [0.05, 0.1) is 0 Å². The smallest absolute Gasteiger partial charge is 0.00699 e. The summed E-state index contributed by atoms with van der Waals surface area (Å²) in [6.45, 7) is 7.30. The zero-order valence-electron chi connectivity index (χ0n) is 12.2. The van der Waals surface area contributed by atoms with Gasteiger partial charge >= 0.3 is 0 Å². The summed E-state index contributed by atoms with van der Waals surface area (Å²) in [6, 6.07) is 0.772. The Labute approximate surface area is 113 Å². The van der Waals surface area contributed by atoms with Crippen LogP contribution in [0.2, 0.25) is 0 Å². The molecule has 2 aliphatic carbocycles. The Kier molecular flexibility index (Phi) is 5.75. The van der Waals surface area contributed by atoms with E-state index >= 15 is 0 Å². The largest absolute Gasteiger partial charge is 0.314 e. The van der Waals surface area contributed by atoms with Crippen LogP contribution in [0.5, 0.6) is 0 Å². The van der Waals surface area contributed by atoms with Gasteiger partial charge in [0.1, 0.15) is 0 Å². The van der Waals surface area contributed by atoms with Crippen molar-refractivity contribution in [3.05, 3.63) is 12.7 Å². The molecule has 0 aromatic heterocycles. The molecule has 0 saturated heterocycles. The lowest BCUT2D eigenvalue weighted by molar-refractivity contribution is 0.270. The maximum absolute atomic E-state index is 3.83. The lowest BCUT2D eigenvalue weighted by Crippen LogP contribution is -2.33. The van der Waals surface area contributed by atoms with Gasteiger partial charge in [-0.05, 0) is 75.7 Å². The summed E-state index contributed by atoms with van der Waals surface area (Å²) in [5.41, 5.74) is 0. The molecule has 0 aromatic carbocycles. The first kappa shape index (κ1) is 14.1. The minimum atomic E-state index is 0.772. The number of hydrogen-bond donors (Lipinski definition) is 1. The quantitative estimate of drug-likeness (QED) is 0.467. The van der Waals surface area contributed by atoms with Crippen LogP contribution in [0.1, 0.15) is 64.7 Å². The van der Waals surface area contributed by atoms with Gasteiger partial charge in [-0.25, -0.2) is 0 Å². The molecule has 0 aliphatic heterocycles. The van der Waals surface area contributed by atoms with E-state index in [0.29, 0.717) is 0 Å². The summed E-state index contributed by atoms with van der Waals surface area (Å²) in [6.07, 6.45) is 14.8. The molecule has 0 heterocycles. The fourth-order valence-electron chi connectivity index (χ4n) is 4.19. The second kappa shape index (κ2) is 7.33. The van der Waals surface area contributed by atoms with Gasteiger partial charge in [-0.3, -0.25) is 0 Å². The Bertz CT molecular complexity index is 248. The Morgan fingerprint density at radius 3 is 2.83 bits per heavy atom. The maximum atomic E-state index is 3.83. The van der Waals surface area contributed by atoms with Crippen LogP contribution in [-0.4, -0.2) is 12.6 Å². The third-order valence-electron chi connectivity index (χ3n) is 5.12. The van der Waals surface area contributed by atoms with Crippen molar-refractivity contribution in [1.82, 2.24) is 5.32 Å². The van der Waals surface area contributed by atoms with Crippen LogP contribution in [0.4, 0.5) is 0 Å². The molecule has 2 rings (SSSR count). The number of unbranched alkanes of at least 4 members (excludes halogenated alkanes) is 1. The van der Waals surface area contributed by atoms with Crippen molar-refractivity contribution in [1.29, 1.82) is 0 Å². The van der Waals surface area contributed by atoms with Gasteiger partial charge in [-0.15, -0.1) is 6.58 Å². The average Bonchev–Trinajstić information content (AvgIpc) is 2.98. The summed E-state index contributed by atoms with van der Waals surface area (Å²) in [4.78, 5) is 0. The topological polar surface area (TPSA) is 12.0 Å². The van der Waals surface area contributed by atoms with Crippen LogP contribution >= 0.6 is 0 Å². The van der Waals surface area contributed by atoms with E-state index < -0.39 is 0 Å². The number of hydrogen-bond acceptors (Lipinski definition) is 1. The first-order valence-electron chi connectivity index (χ1n) is 8.17. The molecule has 0 aromatic rings. The SMILES string of the molecule is C=CCCCC(CC1CC2CCC1C2)NCCC. The monoisotopic (exact) mass is 249 g/mol. The first-order chi connectivity index (χ1) is 8.83. The number of rotatable bonds is 9. The zero-order chi connectivity index (χ0) is 12.8. The fourth-order valence-corrected chi connectivity index (χ4v) is 4.19. The van der Waals surface area contributed by atoms with Crippen LogP contribution in [-0.2, 0) is 0 Å². The average molecular weight is 249 g/mol. The second-order valence-corrected chi connectivity index (χ2v) is 6.54. The summed E-state index contributed by atoms with van der Waals surface area (Å²) in [5, 5.41) is 3.78. The van der Waals surface area contributed by atoms with Crippen molar-refractivity contribution in [2.24, 2.45) is 17.8 Å². The van der Waals surface area contributed by atoms with Gasteiger partial charge in [0.25, 0.3) is 0 Å². The van der Waals surface area contributed by atoms with Crippen molar-refractivity contribution < 1.29 is 0 Å². The molecule has 2 saturated carbocycles. The summed E-state index contributed by atoms with van der Waals surface area (Å²) < 4.78 is 0. The van der Waals surface area contributed by atoms with Crippen molar-refractivity contribution in [2.75, 3.05) is 6.54 Å². The molecule has 2 fully saturated rings. The molecule has 4 unspecified atom stereocenters. The van der Waals surface area contributed by atoms with Crippen LogP contribution in [0, 0.1) is 17.8 Å². The van der Waals surface area contributed by atoms with E-state index in [1.807, 2.05) is 0 Å². The highest BCUT2D eigenvalue weighted by Crippen LogP contribution is 2.50.